The van der Waals surface area contributed by atoms with Crippen molar-refractivity contribution in [3.63, 3.8) is 0 Å². The first kappa shape index (κ1) is 35.7. The summed E-state index contributed by atoms with van der Waals surface area (Å²) < 4.78 is 43.9. The van der Waals surface area contributed by atoms with E-state index >= 15 is 0 Å². The van der Waals surface area contributed by atoms with E-state index in [0.29, 0.717) is 63.0 Å². The summed E-state index contributed by atoms with van der Waals surface area (Å²) in [6, 6.07) is 9.97. The second kappa shape index (κ2) is 16.1. The molecule has 5 rings (SSSR count). The number of benzene rings is 2. The van der Waals surface area contributed by atoms with Crippen LogP contribution in [0.5, 0.6) is 5.75 Å². The van der Waals surface area contributed by atoms with Gasteiger partial charge in [0.15, 0.2) is 0 Å². The maximum Gasteiger partial charge on any atom is 0.490 e. The average Bonchev–Trinajstić information content (AvgIpc) is 3.71. The van der Waals surface area contributed by atoms with Crippen molar-refractivity contribution < 1.29 is 42.1 Å². The Bertz CT molecular complexity index is 1780. The lowest BCUT2D eigenvalue weighted by molar-refractivity contribution is -0.192. The number of hydrogen-bond donors (Lipinski definition) is 4. The highest BCUT2D eigenvalue weighted by molar-refractivity contribution is 6.32. The maximum atomic E-state index is 13.1. The van der Waals surface area contributed by atoms with Crippen LogP contribution >= 0.6 is 23.2 Å². The Balaban J connectivity index is 0.000000671. The Morgan fingerprint density at radius 2 is 1.92 bits per heavy atom. The molecule has 1 aliphatic heterocycles. The van der Waals surface area contributed by atoms with Crippen LogP contribution in [0.25, 0.3) is 23.0 Å². The van der Waals surface area contributed by atoms with Crippen molar-refractivity contribution >= 4 is 52.9 Å². The minimum Gasteiger partial charge on any atom is -0.493 e. The quantitative estimate of drug-likeness (QED) is 0.179. The van der Waals surface area contributed by atoms with Crippen LogP contribution in [0.15, 0.2) is 48.8 Å². The number of tetrazole rings is 1. The Kier molecular flexibility index (Phi) is 12.0. The van der Waals surface area contributed by atoms with Crippen LogP contribution in [0.1, 0.15) is 43.1 Å². The van der Waals surface area contributed by atoms with E-state index in [9.17, 15) is 22.8 Å². The molecule has 0 spiro atoms. The Hall–Kier alpha value is -5.16. The predicted octanol–water partition coefficient (Wildman–Crippen LogP) is 5.99. The van der Waals surface area contributed by atoms with E-state index in [1.807, 2.05) is 0 Å². The van der Waals surface area contributed by atoms with Crippen molar-refractivity contribution in [1.29, 1.82) is 0 Å². The van der Waals surface area contributed by atoms with Crippen LogP contribution < -0.4 is 15.4 Å². The zero-order chi connectivity index (χ0) is 34.8. The van der Waals surface area contributed by atoms with Gasteiger partial charge in [-0.1, -0.05) is 29.6 Å². The van der Waals surface area contributed by atoms with E-state index in [0.717, 1.165) is 19.3 Å². The molecule has 0 saturated carbocycles. The van der Waals surface area contributed by atoms with E-state index in [2.05, 4.69) is 35.9 Å². The van der Waals surface area contributed by atoms with Crippen LogP contribution in [0, 0.1) is 0 Å². The third-order valence-electron chi connectivity index (χ3n) is 6.63. The number of hydrogen-bond acceptors (Lipinski definition) is 9. The smallest absolute Gasteiger partial charge is 0.490 e. The molecule has 254 valence electrons. The molecule has 0 unspecified atom stereocenters. The Morgan fingerprint density at radius 3 is 2.60 bits per heavy atom. The van der Waals surface area contributed by atoms with E-state index in [1.54, 1.807) is 42.5 Å². The fourth-order valence-electron chi connectivity index (χ4n) is 4.41. The third-order valence-corrected chi connectivity index (χ3v) is 7.14. The largest absolute Gasteiger partial charge is 0.493 e. The van der Waals surface area contributed by atoms with Gasteiger partial charge in [0.2, 0.25) is 5.91 Å². The molecule has 2 aromatic heterocycles. The molecule has 0 radical (unpaired) electrons. The Labute approximate surface area is 280 Å². The molecule has 0 aliphatic carbocycles. The van der Waals surface area contributed by atoms with Gasteiger partial charge in [0.1, 0.15) is 28.7 Å². The molecule has 2 aromatic carbocycles. The minimum atomic E-state index is -5.08. The number of carbonyl (C=O) groups is 3. The summed E-state index contributed by atoms with van der Waals surface area (Å²) in [5.41, 5.74) is 2.97. The van der Waals surface area contributed by atoms with Gasteiger partial charge in [0, 0.05) is 34.0 Å². The fourth-order valence-corrected chi connectivity index (χ4v) is 4.83. The molecule has 3 heterocycles. The Morgan fingerprint density at radius 1 is 1.15 bits per heavy atom. The highest BCUT2D eigenvalue weighted by Gasteiger charge is 2.38. The summed E-state index contributed by atoms with van der Waals surface area (Å²) in [6.45, 7) is 0.465. The van der Waals surface area contributed by atoms with Gasteiger partial charge >= 0.3 is 18.2 Å². The SMILES string of the molecule is COC(=O)Nc1ccc2c(c1)OCCCCC[C@H](NC(=O)/C=C/c1cc(Cl)ccc1-n1cnnn1)c1nc-2c(Cl)[nH]1.O=C(O)C(F)(F)F. The number of ether oxygens (including phenoxy) is 2. The van der Waals surface area contributed by atoms with Gasteiger partial charge in [-0.15, -0.1) is 5.10 Å². The van der Waals surface area contributed by atoms with Gasteiger partial charge < -0.3 is 24.9 Å². The van der Waals surface area contributed by atoms with Crippen LogP contribution in [0.4, 0.5) is 23.7 Å². The number of nitrogens with zero attached hydrogens (tertiary/aromatic N) is 5. The standard InChI is InChI=1S/C27H26Cl2N8O4.C2HF3O2/c1-40-27(39)31-18-8-9-19-22(14-18)41-12-4-2-3-5-20(26-33-24(19)25(29)34-26)32-23(38)11-6-16-13-17(28)7-10-21(16)37-15-30-35-36-37;3-2(4,5)1(6)7/h6-11,13-15,20H,2-5,12H2,1H3,(H,31,39)(H,32,38)(H,33,34);(H,6,7)/b11-6+;/t20-;/m0./s1. The molecule has 4 N–H and O–H groups in total. The van der Waals surface area contributed by atoms with E-state index in [4.69, 9.17) is 42.8 Å². The molecule has 14 nitrogen and oxygen atoms in total. The van der Waals surface area contributed by atoms with Crippen molar-refractivity contribution in [3.8, 4) is 22.7 Å². The number of anilines is 1. The molecule has 2 amide bonds. The highest BCUT2D eigenvalue weighted by atomic mass is 35.5. The summed E-state index contributed by atoms with van der Waals surface area (Å²) in [5.74, 6) is -2.04. The number of H-pyrrole nitrogens is 1. The van der Waals surface area contributed by atoms with Crippen molar-refractivity contribution in [2.45, 2.75) is 37.9 Å². The van der Waals surface area contributed by atoms with Gasteiger partial charge in [-0.05, 0) is 66.1 Å². The fraction of sp³-hybridized carbons (Fsp3) is 0.276. The molecular formula is C29H27Cl2F3N8O6. The lowest BCUT2D eigenvalue weighted by Gasteiger charge is -2.17. The number of carbonyl (C=O) groups excluding carboxylic acids is 2. The lowest BCUT2D eigenvalue weighted by Crippen LogP contribution is -2.27. The number of aromatic nitrogens is 6. The number of aromatic amines is 1. The first-order valence-corrected chi connectivity index (χ1v) is 14.8. The van der Waals surface area contributed by atoms with E-state index < -0.39 is 24.3 Å². The molecule has 4 aromatic rings. The number of amides is 2. The number of fused-ring (bicyclic) bond motifs is 4. The molecule has 2 bridgehead atoms. The van der Waals surface area contributed by atoms with Crippen LogP contribution in [-0.2, 0) is 14.3 Å². The molecule has 1 aliphatic rings. The summed E-state index contributed by atoms with van der Waals surface area (Å²) in [7, 11) is 1.29. The molecule has 19 heteroatoms. The number of imidazole rings is 1. The molecule has 1 atom stereocenters. The number of nitrogens with one attached hydrogen (secondary N) is 3. The van der Waals surface area contributed by atoms with Crippen molar-refractivity contribution in [3.05, 3.63) is 70.4 Å². The third kappa shape index (κ3) is 9.68. The normalized spacial score (nSPS) is 14.7. The zero-order valence-corrected chi connectivity index (χ0v) is 26.4. The summed E-state index contributed by atoms with van der Waals surface area (Å²) in [5, 5.41) is 24.9. The number of halogens is 5. The number of methoxy groups -OCH3 is 1. The number of aliphatic carboxylic acids is 1. The zero-order valence-electron chi connectivity index (χ0n) is 24.9. The summed E-state index contributed by atoms with van der Waals surface area (Å²) in [4.78, 5) is 41.5. The first-order valence-electron chi connectivity index (χ1n) is 14.0. The van der Waals surface area contributed by atoms with Crippen LogP contribution in [0.3, 0.4) is 0 Å². The second-order valence-corrected chi connectivity index (χ2v) is 10.8. The molecule has 48 heavy (non-hydrogen) atoms. The van der Waals surface area contributed by atoms with E-state index in [-0.39, 0.29) is 5.91 Å². The van der Waals surface area contributed by atoms with Crippen molar-refractivity contribution in [2.24, 2.45) is 0 Å². The minimum absolute atomic E-state index is 0.303. The second-order valence-electron chi connectivity index (χ2n) is 9.96. The number of rotatable bonds is 5. The lowest BCUT2D eigenvalue weighted by atomic mass is 10.1. The van der Waals surface area contributed by atoms with Gasteiger partial charge in [0.05, 0.1) is 25.4 Å². The average molecular weight is 711 g/mol. The highest BCUT2D eigenvalue weighted by Crippen LogP contribution is 2.37. The molecular weight excluding hydrogens is 684 g/mol. The number of carboxylic acid groups (broad SMARTS) is 1. The van der Waals surface area contributed by atoms with Crippen molar-refractivity contribution in [2.75, 3.05) is 19.0 Å². The first-order chi connectivity index (χ1) is 22.8. The maximum absolute atomic E-state index is 13.1. The van der Waals surface area contributed by atoms with Gasteiger partial charge in [-0.25, -0.2) is 14.6 Å². The predicted molar refractivity (Wildman–Crippen MR) is 167 cm³/mol. The summed E-state index contributed by atoms with van der Waals surface area (Å²) >= 11 is 12.8. The van der Waals surface area contributed by atoms with Crippen LogP contribution in [0.2, 0.25) is 10.2 Å². The van der Waals surface area contributed by atoms with Crippen molar-refractivity contribution in [1.82, 2.24) is 35.5 Å². The van der Waals surface area contributed by atoms with Crippen LogP contribution in [-0.4, -0.2) is 73.1 Å². The van der Waals surface area contributed by atoms with E-state index in [1.165, 1.54) is 24.2 Å². The summed E-state index contributed by atoms with van der Waals surface area (Å²) in [6.07, 6.45) is 2.01. The molecule has 0 saturated heterocycles. The van der Waals surface area contributed by atoms with Gasteiger partial charge in [-0.3, -0.25) is 10.1 Å². The number of alkyl halides is 3. The number of carboxylic acids is 1. The monoisotopic (exact) mass is 710 g/mol. The molecule has 0 fully saturated rings. The van der Waals surface area contributed by atoms with Gasteiger partial charge in [-0.2, -0.15) is 17.9 Å². The van der Waals surface area contributed by atoms with Gasteiger partial charge in [0.25, 0.3) is 0 Å². The topological polar surface area (TPSA) is 186 Å².